The van der Waals surface area contributed by atoms with Gasteiger partial charge in [0.1, 0.15) is 0 Å². The van der Waals surface area contributed by atoms with Gasteiger partial charge in [-0.1, -0.05) is 130 Å². The first-order chi connectivity index (χ1) is 22.9. The van der Waals surface area contributed by atoms with Gasteiger partial charge in [0.2, 0.25) is 0 Å². The highest BCUT2D eigenvalue weighted by Crippen LogP contribution is 2.68. The molecule has 0 aliphatic heterocycles. The van der Waals surface area contributed by atoms with Gasteiger partial charge >= 0.3 is 5.97 Å². The number of rotatable bonds is 21. The second-order valence-electron chi connectivity index (χ2n) is 18.5. The van der Waals surface area contributed by atoms with Crippen LogP contribution in [0.25, 0.3) is 0 Å². The third-order valence-corrected chi connectivity index (χ3v) is 14.9. The zero-order valence-electron chi connectivity index (χ0n) is 32.5. The number of carboxylic acids is 1. The van der Waals surface area contributed by atoms with Crippen LogP contribution < -0.4 is 0 Å². The maximum atomic E-state index is 12.2. The Kier molecular flexibility index (Phi) is 15.2. The molecule has 0 saturated heterocycles. The van der Waals surface area contributed by atoms with Crippen molar-refractivity contribution in [3.05, 3.63) is 23.8 Å². The Bertz CT molecular complexity index is 1040. The minimum Gasteiger partial charge on any atom is -0.481 e. The smallest absolute Gasteiger partial charge is 0.303 e. The molecular weight excluding hydrogens is 588 g/mol. The largest absolute Gasteiger partial charge is 0.481 e. The van der Waals surface area contributed by atoms with E-state index in [9.17, 15) is 15.0 Å². The van der Waals surface area contributed by atoms with E-state index < -0.39 is 11.6 Å². The molecule has 2 N–H and O–H groups in total. The Balaban J connectivity index is 1.29. The summed E-state index contributed by atoms with van der Waals surface area (Å²) in [5, 5.41) is 22.1. The van der Waals surface area contributed by atoms with Crippen LogP contribution in [-0.2, 0) is 4.79 Å². The van der Waals surface area contributed by atoms with Crippen LogP contribution in [0.5, 0.6) is 0 Å². The van der Waals surface area contributed by atoms with Crippen molar-refractivity contribution in [2.45, 2.75) is 201 Å². The van der Waals surface area contributed by atoms with E-state index in [1.165, 1.54) is 102 Å². The number of fused-ring (bicyclic) bond motifs is 5. The highest BCUT2D eigenvalue weighted by molar-refractivity contribution is 5.67. The van der Waals surface area contributed by atoms with Crippen molar-refractivity contribution in [1.82, 2.24) is 0 Å². The molecule has 9 atom stereocenters. The van der Waals surface area contributed by atoms with Gasteiger partial charge in [-0.2, -0.15) is 0 Å². The quantitative estimate of drug-likeness (QED) is 0.0947. The van der Waals surface area contributed by atoms with E-state index in [4.69, 9.17) is 0 Å². The molecular formula is C45H78O3. The molecule has 0 heterocycles. The van der Waals surface area contributed by atoms with Crippen LogP contribution in [0.2, 0.25) is 0 Å². The first kappa shape index (κ1) is 39.7. The molecule has 0 aromatic carbocycles. The van der Waals surface area contributed by atoms with Crippen LogP contribution in [0.4, 0.5) is 0 Å². The number of carboxylic acid groups (broad SMARTS) is 1. The molecule has 3 heteroatoms. The number of hydrogen-bond acceptors (Lipinski definition) is 2. The van der Waals surface area contributed by atoms with Crippen molar-refractivity contribution in [1.29, 1.82) is 0 Å². The van der Waals surface area contributed by atoms with E-state index in [-0.39, 0.29) is 17.8 Å². The molecule has 48 heavy (non-hydrogen) atoms. The average Bonchev–Trinajstić information content (AvgIpc) is 3.40. The van der Waals surface area contributed by atoms with E-state index in [0.29, 0.717) is 11.8 Å². The van der Waals surface area contributed by atoms with Gasteiger partial charge in [0, 0.05) is 0 Å². The first-order valence-electron chi connectivity index (χ1n) is 21.2. The van der Waals surface area contributed by atoms with Gasteiger partial charge in [0.05, 0.1) is 12.0 Å². The minimum atomic E-state index is -0.874. The number of hydrogen-bond donors (Lipinski definition) is 2. The number of aliphatic hydroxyl groups is 1. The van der Waals surface area contributed by atoms with Crippen molar-refractivity contribution < 1.29 is 15.0 Å². The summed E-state index contributed by atoms with van der Waals surface area (Å²) in [7, 11) is 0. The normalized spacial score (nSPS) is 34.5. The Morgan fingerprint density at radius 3 is 2.21 bits per heavy atom. The van der Waals surface area contributed by atoms with E-state index in [1.54, 1.807) is 0 Å². The zero-order chi connectivity index (χ0) is 34.8. The predicted octanol–water partition coefficient (Wildman–Crippen LogP) is 13.1. The monoisotopic (exact) mass is 667 g/mol. The van der Waals surface area contributed by atoms with Crippen LogP contribution in [0.1, 0.15) is 196 Å². The summed E-state index contributed by atoms with van der Waals surface area (Å²) < 4.78 is 0. The van der Waals surface area contributed by atoms with Crippen molar-refractivity contribution in [2.24, 2.45) is 52.3 Å². The molecule has 3 fully saturated rings. The van der Waals surface area contributed by atoms with Gasteiger partial charge in [0.15, 0.2) is 0 Å². The maximum Gasteiger partial charge on any atom is 0.303 e. The lowest BCUT2D eigenvalue weighted by molar-refractivity contribution is -0.143. The summed E-state index contributed by atoms with van der Waals surface area (Å²) in [4.78, 5) is 12.0. The molecule has 0 bridgehead atoms. The topological polar surface area (TPSA) is 57.5 Å². The van der Waals surface area contributed by atoms with Gasteiger partial charge in [0.25, 0.3) is 0 Å². The first-order valence-corrected chi connectivity index (χ1v) is 21.2. The number of carbonyl (C=O) groups is 1. The van der Waals surface area contributed by atoms with Gasteiger partial charge in [-0.3, -0.25) is 4.79 Å². The van der Waals surface area contributed by atoms with E-state index in [2.05, 4.69) is 59.8 Å². The van der Waals surface area contributed by atoms with E-state index in [1.807, 2.05) is 0 Å². The molecule has 4 rings (SSSR count). The fraction of sp³-hybridized carbons (Fsp3) is 0.889. The van der Waals surface area contributed by atoms with E-state index >= 15 is 0 Å². The van der Waals surface area contributed by atoms with Crippen molar-refractivity contribution in [2.75, 3.05) is 0 Å². The van der Waals surface area contributed by atoms with Crippen LogP contribution in [0.15, 0.2) is 23.8 Å². The molecule has 3 saturated carbocycles. The number of aliphatic carboxylic acids is 1. The van der Waals surface area contributed by atoms with Crippen molar-refractivity contribution in [3.8, 4) is 0 Å². The van der Waals surface area contributed by atoms with Crippen LogP contribution in [0.3, 0.4) is 0 Å². The highest BCUT2D eigenvalue weighted by Gasteiger charge is 2.60. The summed E-state index contributed by atoms with van der Waals surface area (Å²) in [5.41, 5.74) is 1.27. The van der Waals surface area contributed by atoms with Crippen LogP contribution >= 0.6 is 0 Å². The summed E-state index contributed by atoms with van der Waals surface area (Å²) >= 11 is 0. The van der Waals surface area contributed by atoms with Crippen LogP contribution in [0, 0.1) is 52.3 Å². The summed E-state index contributed by atoms with van der Waals surface area (Å²) in [6, 6.07) is 0. The predicted molar refractivity (Wildman–Crippen MR) is 204 cm³/mol. The van der Waals surface area contributed by atoms with Gasteiger partial charge in [-0.15, -0.1) is 0 Å². The lowest BCUT2D eigenvalue weighted by Gasteiger charge is -2.60. The zero-order valence-corrected chi connectivity index (χ0v) is 32.5. The standard InChI is InChI=1S/C45H78O3/c1-7-8-9-10-11-12-13-14-15-16-17-18-19-23-36(32-42(46)47)45(48)31-30-43(5)37(33-45)24-25-38-40-27-26-39(35(4)22-20-21-34(2)3)44(40,6)29-28-41(38)43/h14-15,24,34-36,38-41,48H,7-13,16-23,25-33H2,1-6H3,(H,46,47)/b15-14-/t35-,36-,38?,39-,40?,41?,43+,44-,45?/m1/s1. The van der Waals surface area contributed by atoms with E-state index in [0.717, 1.165) is 80.5 Å². The summed E-state index contributed by atoms with van der Waals surface area (Å²) in [6.07, 6.45) is 35.3. The molecule has 276 valence electrons. The Hall–Kier alpha value is -1.09. The maximum absolute atomic E-state index is 12.2. The third-order valence-electron chi connectivity index (χ3n) is 14.9. The van der Waals surface area contributed by atoms with Crippen molar-refractivity contribution in [3.63, 3.8) is 0 Å². The fourth-order valence-corrected chi connectivity index (χ4v) is 11.9. The second-order valence-corrected chi connectivity index (χ2v) is 18.5. The molecule has 4 unspecified atom stereocenters. The van der Waals surface area contributed by atoms with Gasteiger partial charge < -0.3 is 10.2 Å². The van der Waals surface area contributed by atoms with Crippen molar-refractivity contribution >= 4 is 5.97 Å². The fourth-order valence-electron chi connectivity index (χ4n) is 11.9. The second kappa shape index (κ2) is 18.4. The Morgan fingerprint density at radius 2 is 1.52 bits per heavy atom. The highest BCUT2D eigenvalue weighted by atomic mass is 16.4. The molecule has 0 aromatic rings. The number of allylic oxidation sites excluding steroid dienone is 3. The van der Waals surface area contributed by atoms with Gasteiger partial charge in [-0.05, 0) is 136 Å². The molecule has 0 amide bonds. The third kappa shape index (κ3) is 9.82. The van der Waals surface area contributed by atoms with Gasteiger partial charge in [-0.25, -0.2) is 0 Å². The molecule has 0 spiro atoms. The van der Waals surface area contributed by atoms with Crippen LogP contribution in [-0.4, -0.2) is 21.8 Å². The molecule has 4 aliphatic carbocycles. The number of unbranched alkanes of at least 4 members (excludes halogenated alkanes) is 9. The lowest BCUT2D eigenvalue weighted by Crippen LogP contribution is -2.54. The molecule has 0 radical (unpaired) electrons. The SMILES string of the molecule is CCCCCCCC/C=C\CCCCC[C@H](CC(=O)O)C1(O)CC[C@@]2(C)C(=CCC3C2CC[C@@]2(C)C3CC[C@@H]2[C@H](C)CCCC(C)C)C1. The summed E-state index contributed by atoms with van der Waals surface area (Å²) in [5.74, 6) is 3.98. The Labute approximate surface area is 297 Å². The minimum absolute atomic E-state index is 0.0991. The average molecular weight is 667 g/mol. The molecule has 0 aromatic heterocycles. The molecule has 4 aliphatic rings. The Morgan fingerprint density at radius 1 is 0.833 bits per heavy atom. The summed E-state index contributed by atoms with van der Waals surface area (Å²) in [6.45, 7) is 14.8. The lowest BCUT2D eigenvalue weighted by atomic mass is 9.45. The molecule has 3 nitrogen and oxygen atoms in total.